The second-order valence-electron chi connectivity index (χ2n) is 8.87. The van der Waals surface area contributed by atoms with Crippen molar-refractivity contribution in [3.63, 3.8) is 0 Å². The zero-order valence-corrected chi connectivity index (χ0v) is 18.7. The van der Waals surface area contributed by atoms with E-state index >= 15 is 0 Å². The summed E-state index contributed by atoms with van der Waals surface area (Å²) in [5, 5.41) is 3.19. The van der Waals surface area contributed by atoms with E-state index < -0.39 is 0 Å². The van der Waals surface area contributed by atoms with Gasteiger partial charge in [0.1, 0.15) is 5.69 Å². The zero-order chi connectivity index (χ0) is 22.0. The van der Waals surface area contributed by atoms with Gasteiger partial charge < -0.3 is 9.88 Å². The van der Waals surface area contributed by atoms with Crippen molar-refractivity contribution in [2.45, 2.75) is 71.9 Å². The third kappa shape index (κ3) is 4.71. The number of benzene rings is 2. The van der Waals surface area contributed by atoms with Gasteiger partial charge in [-0.15, -0.1) is 0 Å². The van der Waals surface area contributed by atoms with Crippen LogP contribution in [-0.4, -0.2) is 21.5 Å². The Hall–Kier alpha value is -2.95. The van der Waals surface area contributed by atoms with Crippen LogP contribution in [0.5, 0.6) is 0 Å². The number of amides is 1. The number of hydrogen-bond donors (Lipinski definition) is 1. The molecule has 1 N–H and O–H groups in total. The van der Waals surface area contributed by atoms with Crippen molar-refractivity contribution >= 4 is 16.9 Å². The fourth-order valence-electron chi connectivity index (χ4n) is 4.42. The molecule has 0 saturated heterocycles. The Morgan fingerprint density at radius 1 is 1.00 bits per heavy atom. The van der Waals surface area contributed by atoms with Crippen LogP contribution in [0.2, 0.25) is 0 Å². The molecule has 2 aromatic carbocycles. The predicted octanol–water partition coefficient (Wildman–Crippen LogP) is 4.82. The van der Waals surface area contributed by atoms with E-state index in [1.807, 2.05) is 43.3 Å². The lowest BCUT2D eigenvalue weighted by atomic mass is 10.1. The standard InChI is InChI=1S/C26H31N3O2/c1-17-14-23-24(15-18(17)2)29(26(31)19(3)27-23)16-20-10-12-21(13-11-20)25(30)28-22-8-6-4-5-7-9-22/h10-15,22H,4-9,16H2,1-3H3,(H,28,30). The first kappa shape index (κ1) is 21.3. The van der Waals surface area contributed by atoms with E-state index in [4.69, 9.17) is 0 Å². The minimum Gasteiger partial charge on any atom is -0.349 e. The summed E-state index contributed by atoms with van der Waals surface area (Å²) in [6.07, 6.45) is 7.06. The largest absolute Gasteiger partial charge is 0.349 e. The Morgan fingerprint density at radius 2 is 1.65 bits per heavy atom. The van der Waals surface area contributed by atoms with Gasteiger partial charge in [-0.25, -0.2) is 4.98 Å². The monoisotopic (exact) mass is 417 g/mol. The summed E-state index contributed by atoms with van der Waals surface area (Å²) in [5.41, 5.74) is 6.04. The van der Waals surface area contributed by atoms with Crippen LogP contribution in [-0.2, 0) is 6.54 Å². The lowest BCUT2D eigenvalue weighted by molar-refractivity contribution is 0.0933. The van der Waals surface area contributed by atoms with Crippen molar-refractivity contribution in [2.75, 3.05) is 0 Å². The fraction of sp³-hybridized carbons (Fsp3) is 0.423. The molecule has 0 radical (unpaired) electrons. The number of nitrogens with one attached hydrogen (secondary N) is 1. The molecule has 1 saturated carbocycles. The van der Waals surface area contributed by atoms with Crippen molar-refractivity contribution in [2.24, 2.45) is 0 Å². The van der Waals surface area contributed by atoms with Crippen LogP contribution >= 0.6 is 0 Å². The number of carbonyl (C=O) groups excluding carboxylic acids is 1. The maximum absolute atomic E-state index is 12.8. The van der Waals surface area contributed by atoms with Crippen LogP contribution in [0.15, 0.2) is 41.2 Å². The molecule has 162 valence electrons. The molecule has 0 unspecified atom stereocenters. The Kier molecular flexibility index (Phi) is 6.21. The zero-order valence-electron chi connectivity index (χ0n) is 18.7. The molecule has 0 bridgehead atoms. The van der Waals surface area contributed by atoms with Gasteiger partial charge in [0.05, 0.1) is 17.6 Å². The summed E-state index contributed by atoms with van der Waals surface area (Å²) in [7, 11) is 0. The van der Waals surface area contributed by atoms with E-state index in [-0.39, 0.29) is 17.5 Å². The van der Waals surface area contributed by atoms with Gasteiger partial charge in [0, 0.05) is 11.6 Å². The van der Waals surface area contributed by atoms with E-state index in [1.165, 1.54) is 25.7 Å². The summed E-state index contributed by atoms with van der Waals surface area (Å²) in [4.78, 5) is 30.0. The molecular formula is C26H31N3O2. The van der Waals surface area contributed by atoms with Crippen molar-refractivity contribution in [3.8, 4) is 0 Å². The fourth-order valence-corrected chi connectivity index (χ4v) is 4.42. The molecule has 1 amide bonds. The third-order valence-corrected chi connectivity index (χ3v) is 6.47. The van der Waals surface area contributed by atoms with Gasteiger partial charge in [-0.3, -0.25) is 9.59 Å². The van der Waals surface area contributed by atoms with Gasteiger partial charge >= 0.3 is 0 Å². The smallest absolute Gasteiger partial charge is 0.272 e. The lowest BCUT2D eigenvalue weighted by Crippen LogP contribution is -2.34. The number of hydrogen-bond acceptors (Lipinski definition) is 3. The molecule has 1 fully saturated rings. The van der Waals surface area contributed by atoms with E-state index in [0.717, 1.165) is 40.6 Å². The van der Waals surface area contributed by atoms with Crippen LogP contribution in [0, 0.1) is 20.8 Å². The van der Waals surface area contributed by atoms with Crippen LogP contribution in [0.1, 0.15) is 71.3 Å². The number of nitrogens with zero attached hydrogens (tertiary/aromatic N) is 2. The lowest BCUT2D eigenvalue weighted by Gasteiger charge is -2.16. The second-order valence-corrected chi connectivity index (χ2v) is 8.87. The highest BCUT2D eigenvalue weighted by molar-refractivity contribution is 5.94. The average molecular weight is 418 g/mol. The van der Waals surface area contributed by atoms with Gasteiger partial charge in [-0.2, -0.15) is 0 Å². The first-order chi connectivity index (χ1) is 14.9. The van der Waals surface area contributed by atoms with Gasteiger partial charge in [-0.05, 0) is 74.6 Å². The summed E-state index contributed by atoms with van der Waals surface area (Å²) in [6, 6.07) is 12.0. The maximum atomic E-state index is 12.8. The second kappa shape index (κ2) is 9.04. The van der Waals surface area contributed by atoms with E-state index in [1.54, 1.807) is 11.5 Å². The molecule has 5 nitrogen and oxygen atoms in total. The Balaban J connectivity index is 1.56. The molecule has 1 aliphatic carbocycles. The van der Waals surface area contributed by atoms with E-state index in [9.17, 15) is 9.59 Å². The number of fused-ring (bicyclic) bond motifs is 1. The Labute approximate surface area is 183 Å². The van der Waals surface area contributed by atoms with Crippen LogP contribution < -0.4 is 10.9 Å². The van der Waals surface area contributed by atoms with Gasteiger partial charge in [-0.1, -0.05) is 37.8 Å². The molecule has 3 aromatic rings. The van der Waals surface area contributed by atoms with Crippen molar-refractivity contribution < 1.29 is 4.79 Å². The molecule has 0 aliphatic heterocycles. The normalized spacial score (nSPS) is 15.1. The number of carbonyl (C=O) groups is 1. The molecule has 5 heteroatoms. The molecule has 4 rings (SSSR count). The van der Waals surface area contributed by atoms with Crippen LogP contribution in [0.3, 0.4) is 0 Å². The molecule has 1 aliphatic rings. The van der Waals surface area contributed by atoms with Crippen LogP contribution in [0.25, 0.3) is 11.0 Å². The highest BCUT2D eigenvalue weighted by atomic mass is 16.1. The predicted molar refractivity (Wildman–Crippen MR) is 125 cm³/mol. The Bertz CT molecular complexity index is 1150. The third-order valence-electron chi connectivity index (χ3n) is 6.47. The van der Waals surface area contributed by atoms with Crippen molar-refractivity contribution in [3.05, 3.63) is 74.7 Å². The number of aryl methyl sites for hydroxylation is 3. The quantitative estimate of drug-likeness (QED) is 0.619. The molecule has 1 heterocycles. The molecule has 0 atom stereocenters. The number of aromatic nitrogens is 2. The summed E-state index contributed by atoms with van der Waals surface area (Å²) < 4.78 is 1.78. The van der Waals surface area contributed by atoms with E-state index in [0.29, 0.717) is 17.8 Å². The Morgan fingerprint density at radius 3 is 2.32 bits per heavy atom. The van der Waals surface area contributed by atoms with Gasteiger partial charge in [0.2, 0.25) is 0 Å². The van der Waals surface area contributed by atoms with Gasteiger partial charge in [0.15, 0.2) is 0 Å². The molecule has 1 aromatic heterocycles. The highest BCUT2D eigenvalue weighted by Gasteiger charge is 2.16. The van der Waals surface area contributed by atoms with E-state index in [2.05, 4.69) is 17.2 Å². The molecule has 0 spiro atoms. The minimum absolute atomic E-state index is 0.00748. The minimum atomic E-state index is -0.0778. The summed E-state index contributed by atoms with van der Waals surface area (Å²) in [6.45, 7) is 6.31. The maximum Gasteiger partial charge on any atom is 0.272 e. The summed E-state index contributed by atoms with van der Waals surface area (Å²) >= 11 is 0. The highest BCUT2D eigenvalue weighted by Crippen LogP contribution is 2.19. The summed E-state index contributed by atoms with van der Waals surface area (Å²) in [5.74, 6) is -0.00748. The molecule has 31 heavy (non-hydrogen) atoms. The number of rotatable bonds is 4. The van der Waals surface area contributed by atoms with Crippen molar-refractivity contribution in [1.82, 2.24) is 14.9 Å². The molecular weight excluding hydrogens is 386 g/mol. The SMILES string of the molecule is Cc1cc2nc(C)c(=O)n(Cc3ccc(C(=O)NC4CCCCCC4)cc3)c2cc1C. The van der Waals surface area contributed by atoms with Crippen LogP contribution in [0.4, 0.5) is 0 Å². The topological polar surface area (TPSA) is 64.0 Å². The van der Waals surface area contributed by atoms with Crippen molar-refractivity contribution in [1.29, 1.82) is 0 Å². The average Bonchev–Trinajstić information content (AvgIpc) is 3.02. The first-order valence-electron chi connectivity index (χ1n) is 11.3. The first-order valence-corrected chi connectivity index (χ1v) is 11.3. The van der Waals surface area contributed by atoms with Gasteiger partial charge in [0.25, 0.3) is 11.5 Å².